The molecule has 0 spiro atoms. The smallest absolute Gasteiger partial charge is 0.340 e. The second-order valence-corrected chi connectivity index (χ2v) is 4.52. The lowest BCUT2D eigenvalue weighted by molar-refractivity contribution is -0.120. The van der Waals surface area contributed by atoms with Crippen LogP contribution >= 0.6 is 11.9 Å². The number of hydrazine groups is 1. The maximum absolute atomic E-state index is 11.8. The van der Waals surface area contributed by atoms with Gasteiger partial charge in [-0.25, -0.2) is 9.21 Å². The van der Waals surface area contributed by atoms with E-state index in [0.29, 0.717) is 12.2 Å². The lowest BCUT2D eigenvalue weighted by Gasteiger charge is -2.20. The first-order valence-corrected chi connectivity index (χ1v) is 6.60. The van der Waals surface area contributed by atoms with Gasteiger partial charge in [0, 0.05) is 35.3 Å². The third-order valence-electron chi connectivity index (χ3n) is 2.45. The van der Waals surface area contributed by atoms with E-state index in [0.717, 1.165) is 0 Å². The fourth-order valence-electron chi connectivity index (χ4n) is 1.62. The molecule has 0 atom stereocenters. The number of nitrogens with two attached hydrogens (primary N) is 1. The molecule has 0 amide bonds. The summed E-state index contributed by atoms with van der Waals surface area (Å²) in [7, 11) is 0. The SMILES string of the molecule is CCOC(=O)c1cc(N2NC=CS2)c(OC=O)cc1N. The Labute approximate surface area is 119 Å². The third-order valence-corrected chi connectivity index (χ3v) is 3.22. The van der Waals surface area contributed by atoms with Gasteiger partial charge >= 0.3 is 5.97 Å². The molecule has 3 N–H and O–H groups in total. The highest BCUT2D eigenvalue weighted by Crippen LogP contribution is 2.37. The molecule has 106 valence electrons. The minimum atomic E-state index is -0.527. The van der Waals surface area contributed by atoms with Gasteiger partial charge in [0.2, 0.25) is 0 Å². The second kappa shape index (κ2) is 6.20. The van der Waals surface area contributed by atoms with Crippen LogP contribution in [0.3, 0.4) is 0 Å². The van der Waals surface area contributed by atoms with Crippen molar-refractivity contribution in [3.8, 4) is 5.75 Å². The van der Waals surface area contributed by atoms with Gasteiger partial charge in [-0.05, 0) is 13.0 Å². The zero-order valence-electron chi connectivity index (χ0n) is 10.7. The number of rotatable bonds is 5. The van der Waals surface area contributed by atoms with Gasteiger partial charge in [-0.1, -0.05) is 0 Å². The number of anilines is 2. The van der Waals surface area contributed by atoms with Crippen LogP contribution in [0, 0.1) is 0 Å². The molecule has 0 saturated heterocycles. The van der Waals surface area contributed by atoms with E-state index >= 15 is 0 Å². The molecule has 0 radical (unpaired) electrons. The first-order valence-electron chi connectivity index (χ1n) is 5.76. The van der Waals surface area contributed by atoms with E-state index in [1.165, 1.54) is 24.1 Å². The average Bonchev–Trinajstić information content (AvgIpc) is 2.93. The fraction of sp³-hybridized carbons (Fsp3) is 0.167. The Balaban J connectivity index is 2.42. The Kier molecular flexibility index (Phi) is 4.36. The highest BCUT2D eigenvalue weighted by Gasteiger charge is 2.21. The van der Waals surface area contributed by atoms with Gasteiger partial charge in [0.1, 0.15) is 5.69 Å². The number of carbonyl (C=O) groups excluding carboxylic acids is 2. The first-order chi connectivity index (χ1) is 9.67. The number of ether oxygens (including phenoxy) is 2. The maximum atomic E-state index is 11.8. The molecule has 0 aromatic heterocycles. The van der Waals surface area contributed by atoms with Crippen molar-refractivity contribution >= 4 is 35.8 Å². The second-order valence-electron chi connectivity index (χ2n) is 3.67. The summed E-state index contributed by atoms with van der Waals surface area (Å²) in [6.45, 7) is 2.26. The largest absolute Gasteiger partial charge is 0.462 e. The van der Waals surface area contributed by atoms with E-state index in [9.17, 15) is 9.59 Å². The van der Waals surface area contributed by atoms with Crippen molar-refractivity contribution in [1.82, 2.24) is 5.43 Å². The van der Waals surface area contributed by atoms with Crippen molar-refractivity contribution in [3.05, 3.63) is 29.3 Å². The van der Waals surface area contributed by atoms with Crippen molar-refractivity contribution in [1.29, 1.82) is 0 Å². The Morgan fingerprint density at radius 3 is 2.95 bits per heavy atom. The lowest BCUT2D eigenvalue weighted by atomic mass is 10.1. The summed E-state index contributed by atoms with van der Waals surface area (Å²) in [6, 6.07) is 2.93. The average molecular weight is 295 g/mol. The van der Waals surface area contributed by atoms with Gasteiger partial charge in [-0.15, -0.1) is 0 Å². The van der Waals surface area contributed by atoms with Crippen LogP contribution in [-0.2, 0) is 9.53 Å². The summed E-state index contributed by atoms with van der Waals surface area (Å²) in [5, 5.41) is 1.80. The fourth-order valence-corrected chi connectivity index (χ4v) is 2.24. The molecule has 1 aliphatic rings. The van der Waals surface area contributed by atoms with Gasteiger partial charge in [-0.3, -0.25) is 10.2 Å². The molecular formula is C12H13N3O4S. The molecule has 0 aliphatic carbocycles. The molecule has 0 bridgehead atoms. The van der Waals surface area contributed by atoms with Crippen molar-refractivity contribution in [2.45, 2.75) is 6.92 Å². The molecular weight excluding hydrogens is 282 g/mol. The number of carbonyl (C=O) groups is 2. The van der Waals surface area contributed by atoms with Gasteiger partial charge in [0.05, 0.1) is 12.2 Å². The van der Waals surface area contributed by atoms with Crippen molar-refractivity contribution in [2.75, 3.05) is 16.8 Å². The van der Waals surface area contributed by atoms with E-state index in [2.05, 4.69) is 5.43 Å². The number of nitrogen functional groups attached to an aromatic ring is 1. The monoisotopic (exact) mass is 295 g/mol. The molecule has 1 heterocycles. The number of nitrogens with one attached hydrogen (secondary N) is 1. The maximum Gasteiger partial charge on any atom is 0.340 e. The van der Waals surface area contributed by atoms with Crippen LogP contribution in [0.5, 0.6) is 5.75 Å². The Bertz CT molecular complexity index is 554. The molecule has 20 heavy (non-hydrogen) atoms. The topological polar surface area (TPSA) is 93.9 Å². The minimum Gasteiger partial charge on any atom is -0.462 e. The standard InChI is InChI=1S/C12H13N3O4S/c1-2-18-12(17)8-5-10(15-14-3-4-20-15)11(19-7-16)6-9(8)13/h3-7,14H,2,13H2,1H3. The number of nitrogens with zero attached hydrogens (tertiary/aromatic N) is 1. The molecule has 0 fully saturated rings. The van der Waals surface area contributed by atoms with Crippen molar-refractivity contribution in [2.24, 2.45) is 0 Å². The Hall–Kier alpha value is -2.35. The van der Waals surface area contributed by atoms with E-state index in [1.54, 1.807) is 22.9 Å². The molecule has 2 rings (SSSR count). The number of hydrogen-bond acceptors (Lipinski definition) is 8. The first kappa shape index (κ1) is 14.1. The van der Waals surface area contributed by atoms with Gasteiger partial charge in [-0.2, -0.15) is 0 Å². The molecule has 1 aromatic rings. The molecule has 0 unspecified atom stereocenters. The summed E-state index contributed by atoms with van der Waals surface area (Å²) in [4.78, 5) is 22.4. The molecule has 1 aliphatic heterocycles. The normalized spacial score (nSPS) is 12.9. The van der Waals surface area contributed by atoms with Gasteiger partial charge < -0.3 is 15.2 Å². The van der Waals surface area contributed by atoms with E-state index < -0.39 is 5.97 Å². The van der Waals surface area contributed by atoms with Crippen LogP contribution in [0.25, 0.3) is 0 Å². The van der Waals surface area contributed by atoms with Gasteiger partial charge in [0.25, 0.3) is 6.47 Å². The quantitative estimate of drug-likeness (QED) is 0.364. The van der Waals surface area contributed by atoms with Crippen molar-refractivity contribution in [3.63, 3.8) is 0 Å². The molecule has 7 nitrogen and oxygen atoms in total. The summed E-state index contributed by atoms with van der Waals surface area (Å²) < 4.78 is 11.5. The highest BCUT2D eigenvalue weighted by molar-refractivity contribution is 8.03. The Morgan fingerprint density at radius 1 is 1.55 bits per heavy atom. The summed E-state index contributed by atoms with van der Waals surface area (Å²) >= 11 is 1.33. The number of benzene rings is 1. The van der Waals surface area contributed by atoms with E-state index in [-0.39, 0.29) is 23.6 Å². The van der Waals surface area contributed by atoms with E-state index in [1.807, 2.05) is 0 Å². The van der Waals surface area contributed by atoms with Crippen LogP contribution in [0.1, 0.15) is 17.3 Å². The number of hydrogen-bond donors (Lipinski definition) is 2. The van der Waals surface area contributed by atoms with Crippen LogP contribution < -0.4 is 20.3 Å². The van der Waals surface area contributed by atoms with Crippen LogP contribution in [0.15, 0.2) is 23.7 Å². The summed E-state index contributed by atoms with van der Waals surface area (Å²) in [5.74, 6) is -0.282. The summed E-state index contributed by atoms with van der Waals surface area (Å²) in [5.41, 5.74) is 9.60. The van der Waals surface area contributed by atoms with E-state index in [4.69, 9.17) is 15.2 Å². The predicted octanol–water partition coefficient (Wildman–Crippen LogP) is 1.42. The van der Waals surface area contributed by atoms with Gasteiger partial charge in [0.15, 0.2) is 5.75 Å². The molecule has 1 aromatic carbocycles. The number of esters is 1. The zero-order chi connectivity index (χ0) is 14.5. The zero-order valence-corrected chi connectivity index (χ0v) is 11.5. The molecule has 0 saturated carbocycles. The van der Waals surface area contributed by atoms with Crippen molar-refractivity contribution < 1.29 is 19.1 Å². The Morgan fingerprint density at radius 2 is 2.35 bits per heavy atom. The predicted molar refractivity (Wildman–Crippen MR) is 75.8 cm³/mol. The summed E-state index contributed by atoms with van der Waals surface area (Å²) in [6.07, 6.45) is 1.70. The molecule has 8 heteroatoms. The van der Waals surface area contributed by atoms with Crippen LogP contribution in [0.2, 0.25) is 0 Å². The third kappa shape index (κ3) is 2.80. The minimum absolute atomic E-state index is 0.182. The lowest BCUT2D eigenvalue weighted by Crippen LogP contribution is -2.24. The van der Waals surface area contributed by atoms with Crippen LogP contribution in [0.4, 0.5) is 11.4 Å². The van der Waals surface area contributed by atoms with Crippen LogP contribution in [-0.4, -0.2) is 19.0 Å². The highest BCUT2D eigenvalue weighted by atomic mass is 32.2.